The number of rotatable bonds is 4. The van der Waals surface area contributed by atoms with Crippen molar-refractivity contribution in [2.45, 2.75) is 33.6 Å². The normalized spacial score (nSPS) is 12.3. The Morgan fingerprint density at radius 3 is 2.29 bits per heavy atom. The van der Waals surface area contributed by atoms with Gasteiger partial charge < -0.3 is 10.5 Å². The molecule has 1 heterocycles. The summed E-state index contributed by atoms with van der Waals surface area (Å²) in [6.07, 6.45) is 0. The van der Waals surface area contributed by atoms with Crippen LogP contribution in [0.2, 0.25) is 0 Å². The maximum absolute atomic E-state index is 5.78. The second-order valence-corrected chi connectivity index (χ2v) is 5.47. The molecular weight excluding hydrogens is 262 g/mol. The minimum atomic E-state index is 0.263. The Morgan fingerprint density at radius 1 is 1.14 bits per heavy atom. The average Bonchev–Trinajstić information content (AvgIpc) is 2.45. The summed E-state index contributed by atoms with van der Waals surface area (Å²) < 4.78 is 5.46. The third-order valence-electron chi connectivity index (χ3n) is 3.77. The minimum Gasteiger partial charge on any atom is -0.496 e. The van der Waals surface area contributed by atoms with E-state index in [-0.39, 0.29) is 5.92 Å². The highest BCUT2D eigenvalue weighted by Gasteiger charge is 2.16. The van der Waals surface area contributed by atoms with Gasteiger partial charge in [-0.05, 0) is 56.5 Å². The molecule has 0 spiro atoms. The van der Waals surface area contributed by atoms with Gasteiger partial charge in [0.15, 0.2) is 5.82 Å². The molecule has 0 fully saturated rings. The summed E-state index contributed by atoms with van der Waals surface area (Å²) in [5.41, 5.74) is 11.0. The van der Waals surface area contributed by atoms with E-state index < -0.39 is 0 Å². The van der Waals surface area contributed by atoms with Gasteiger partial charge in [-0.2, -0.15) is 0 Å². The lowest BCUT2D eigenvalue weighted by Crippen LogP contribution is -2.14. The molecule has 21 heavy (non-hydrogen) atoms. The first kappa shape index (κ1) is 15.4. The molecule has 2 N–H and O–H groups in total. The van der Waals surface area contributed by atoms with Gasteiger partial charge in [-0.15, -0.1) is 0 Å². The molecule has 0 aliphatic heterocycles. The summed E-state index contributed by atoms with van der Waals surface area (Å²) >= 11 is 0. The van der Waals surface area contributed by atoms with Crippen LogP contribution in [0.4, 0.5) is 0 Å². The Labute approximate surface area is 126 Å². The van der Waals surface area contributed by atoms with E-state index in [0.717, 1.165) is 33.8 Å². The second-order valence-electron chi connectivity index (χ2n) is 5.47. The van der Waals surface area contributed by atoms with Crippen LogP contribution in [0.3, 0.4) is 0 Å². The lowest BCUT2D eigenvalue weighted by atomic mass is 9.98. The summed E-state index contributed by atoms with van der Waals surface area (Å²) in [5, 5.41) is 0. The Bertz CT molecular complexity index is 629. The number of nitrogens with zero attached hydrogens (tertiary/aromatic N) is 2. The fraction of sp³-hybridized carbons (Fsp3) is 0.412. The van der Waals surface area contributed by atoms with E-state index in [1.54, 1.807) is 7.11 Å². The van der Waals surface area contributed by atoms with Gasteiger partial charge in [-0.25, -0.2) is 9.97 Å². The molecule has 0 saturated heterocycles. The smallest absolute Gasteiger partial charge is 0.163 e. The molecule has 1 unspecified atom stereocenters. The van der Waals surface area contributed by atoms with E-state index in [2.05, 4.69) is 16.9 Å². The highest BCUT2D eigenvalue weighted by atomic mass is 16.5. The van der Waals surface area contributed by atoms with E-state index in [0.29, 0.717) is 12.4 Å². The zero-order valence-electron chi connectivity index (χ0n) is 13.4. The molecule has 0 aliphatic carbocycles. The van der Waals surface area contributed by atoms with Gasteiger partial charge in [0.2, 0.25) is 0 Å². The fourth-order valence-electron chi connectivity index (χ4n) is 2.66. The minimum absolute atomic E-state index is 0.263. The lowest BCUT2D eigenvalue weighted by molar-refractivity contribution is 0.416. The molecular formula is C17H23N3O. The van der Waals surface area contributed by atoms with E-state index in [9.17, 15) is 0 Å². The summed E-state index contributed by atoms with van der Waals surface area (Å²) in [6, 6.07) is 6.05. The molecule has 112 valence electrons. The van der Waals surface area contributed by atoms with Crippen molar-refractivity contribution in [1.29, 1.82) is 0 Å². The monoisotopic (exact) mass is 285 g/mol. The predicted molar refractivity (Wildman–Crippen MR) is 85.7 cm³/mol. The van der Waals surface area contributed by atoms with Crippen LogP contribution in [0.1, 0.15) is 35.4 Å². The van der Waals surface area contributed by atoms with Crippen molar-refractivity contribution in [2.24, 2.45) is 5.73 Å². The maximum atomic E-state index is 5.78. The zero-order chi connectivity index (χ0) is 15.6. The summed E-state index contributed by atoms with van der Waals surface area (Å²) in [4.78, 5) is 9.33. The fourth-order valence-corrected chi connectivity index (χ4v) is 2.66. The summed E-state index contributed by atoms with van der Waals surface area (Å²) in [5.74, 6) is 1.77. The molecule has 1 aromatic heterocycles. The lowest BCUT2D eigenvalue weighted by Gasteiger charge is -2.16. The van der Waals surface area contributed by atoms with Gasteiger partial charge in [0.25, 0.3) is 0 Å². The van der Waals surface area contributed by atoms with Crippen LogP contribution in [0.25, 0.3) is 11.4 Å². The Balaban J connectivity index is 2.57. The van der Waals surface area contributed by atoms with Crippen molar-refractivity contribution in [3.05, 3.63) is 40.7 Å². The topological polar surface area (TPSA) is 61.0 Å². The SMILES string of the molecule is COc1cc(C)ccc1-c1nc(C)c(C(C)CN)c(C)n1. The van der Waals surface area contributed by atoms with Crippen LogP contribution < -0.4 is 10.5 Å². The Hall–Kier alpha value is -1.94. The van der Waals surface area contributed by atoms with Crippen molar-refractivity contribution < 1.29 is 4.74 Å². The van der Waals surface area contributed by atoms with Crippen LogP contribution in [0.5, 0.6) is 5.75 Å². The number of benzene rings is 1. The number of hydrogen-bond donors (Lipinski definition) is 1. The van der Waals surface area contributed by atoms with Crippen LogP contribution in [0, 0.1) is 20.8 Å². The predicted octanol–water partition coefficient (Wildman–Crippen LogP) is 3.14. The second kappa shape index (κ2) is 6.22. The van der Waals surface area contributed by atoms with Crippen LogP contribution in [-0.4, -0.2) is 23.6 Å². The number of aryl methyl sites for hydroxylation is 3. The maximum Gasteiger partial charge on any atom is 0.163 e. The summed E-state index contributed by atoms with van der Waals surface area (Å²) in [7, 11) is 1.67. The van der Waals surface area contributed by atoms with Crippen molar-refractivity contribution in [1.82, 2.24) is 9.97 Å². The van der Waals surface area contributed by atoms with Gasteiger partial charge in [0.1, 0.15) is 5.75 Å². The van der Waals surface area contributed by atoms with E-state index >= 15 is 0 Å². The van der Waals surface area contributed by atoms with Gasteiger partial charge in [0, 0.05) is 11.4 Å². The van der Waals surface area contributed by atoms with Gasteiger partial charge in [-0.3, -0.25) is 0 Å². The van der Waals surface area contributed by atoms with E-state index in [1.165, 1.54) is 0 Å². The summed E-state index contributed by atoms with van der Waals surface area (Å²) in [6.45, 7) is 8.76. The third kappa shape index (κ3) is 3.05. The molecule has 4 heteroatoms. The molecule has 0 radical (unpaired) electrons. The van der Waals surface area contributed by atoms with Crippen molar-refractivity contribution in [3.63, 3.8) is 0 Å². The van der Waals surface area contributed by atoms with Crippen LogP contribution >= 0.6 is 0 Å². The van der Waals surface area contributed by atoms with Gasteiger partial charge in [0.05, 0.1) is 12.7 Å². The zero-order valence-corrected chi connectivity index (χ0v) is 13.4. The number of ether oxygens (including phenoxy) is 1. The van der Waals surface area contributed by atoms with Crippen molar-refractivity contribution in [3.8, 4) is 17.1 Å². The standard InChI is InChI=1S/C17H23N3O/c1-10-6-7-14(15(8-10)21-5)17-19-12(3)16(11(2)9-18)13(4)20-17/h6-8,11H,9,18H2,1-5H3. The number of hydrogen-bond acceptors (Lipinski definition) is 4. The first-order valence-electron chi connectivity index (χ1n) is 7.18. The quantitative estimate of drug-likeness (QED) is 0.937. The number of nitrogens with two attached hydrogens (primary N) is 1. The van der Waals surface area contributed by atoms with E-state index in [1.807, 2.05) is 39.0 Å². The average molecular weight is 285 g/mol. The van der Waals surface area contributed by atoms with Gasteiger partial charge in [-0.1, -0.05) is 13.0 Å². The first-order valence-corrected chi connectivity index (χ1v) is 7.18. The molecule has 1 aromatic carbocycles. The molecule has 4 nitrogen and oxygen atoms in total. The Kier molecular flexibility index (Phi) is 4.58. The molecule has 2 rings (SSSR count). The highest BCUT2D eigenvalue weighted by molar-refractivity contribution is 5.65. The van der Waals surface area contributed by atoms with Gasteiger partial charge >= 0.3 is 0 Å². The molecule has 0 bridgehead atoms. The third-order valence-corrected chi connectivity index (χ3v) is 3.77. The van der Waals surface area contributed by atoms with Crippen molar-refractivity contribution in [2.75, 3.05) is 13.7 Å². The number of methoxy groups -OCH3 is 1. The van der Waals surface area contributed by atoms with Crippen LogP contribution in [-0.2, 0) is 0 Å². The molecule has 0 aliphatic rings. The Morgan fingerprint density at radius 2 is 1.76 bits per heavy atom. The highest BCUT2D eigenvalue weighted by Crippen LogP contribution is 2.30. The largest absolute Gasteiger partial charge is 0.496 e. The molecule has 0 amide bonds. The molecule has 2 aromatic rings. The van der Waals surface area contributed by atoms with Crippen molar-refractivity contribution >= 4 is 0 Å². The molecule has 0 saturated carbocycles. The first-order chi connectivity index (χ1) is 9.97. The van der Waals surface area contributed by atoms with Crippen LogP contribution in [0.15, 0.2) is 18.2 Å². The van der Waals surface area contributed by atoms with E-state index in [4.69, 9.17) is 10.5 Å². The number of aromatic nitrogens is 2. The molecule has 1 atom stereocenters.